The van der Waals surface area contributed by atoms with Crippen molar-refractivity contribution < 1.29 is 23.2 Å². The molecule has 1 aromatic heterocycles. The number of ether oxygens (including phenoxy) is 2. The lowest BCUT2D eigenvalue weighted by Crippen LogP contribution is -2.41. The Kier molecular flexibility index (Phi) is 8.76. The van der Waals surface area contributed by atoms with Gasteiger partial charge in [-0.3, -0.25) is 0 Å². The lowest BCUT2D eigenvalue weighted by molar-refractivity contribution is 0.0501. The van der Waals surface area contributed by atoms with Gasteiger partial charge in [0.1, 0.15) is 22.8 Å². The van der Waals surface area contributed by atoms with Crippen molar-refractivity contribution in [3.05, 3.63) is 47.3 Å². The quantitative estimate of drug-likeness (QED) is 0.443. The zero-order chi connectivity index (χ0) is 24.9. The van der Waals surface area contributed by atoms with Gasteiger partial charge in [0, 0.05) is 19.1 Å². The van der Waals surface area contributed by atoms with Gasteiger partial charge in [-0.05, 0) is 63.0 Å². The number of amides is 1. The largest absolute Gasteiger partial charge is 0.497 e. The number of alkyl carbamates (subject to hydrolysis) is 1. The molecular formula is C25H40N2O5Si. The minimum Gasteiger partial charge on any atom is -0.497 e. The molecule has 0 radical (unpaired) electrons. The van der Waals surface area contributed by atoms with Crippen molar-refractivity contribution >= 4 is 14.4 Å². The third kappa shape index (κ3) is 8.51. The molecule has 1 atom stereocenters. The van der Waals surface area contributed by atoms with E-state index in [2.05, 4.69) is 44.3 Å². The Hall–Kier alpha value is -2.32. The average Bonchev–Trinajstić information content (AvgIpc) is 3.14. The summed E-state index contributed by atoms with van der Waals surface area (Å²) in [5.74, 6) is 1.51. The maximum absolute atomic E-state index is 12.5. The first-order valence-corrected chi connectivity index (χ1v) is 14.3. The molecule has 0 aliphatic rings. The number of rotatable bonds is 9. The van der Waals surface area contributed by atoms with Gasteiger partial charge in [0.15, 0.2) is 8.32 Å². The molecule has 2 rings (SSSR count). The second-order valence-corrected chi connectivity index (χ2v) is 15.6. The Labute approximate surface area is 199 Å². The van der Waals surface area contributed by atoms with Gasteiger partial charge in [0.2, 0.25) is 0 Å². The van der Waals surface area contributed by atoms with E-state index in [1.165, 1.54) is 0 Å². The molecule has 0 fully saturated rings. The summed E-state index contributed by atoms with van der Waals surface area (Å²) in [7, 11) is -0.191. The summed E-state index contributed by atoms with van der Waals surface area (Å²) in [5.41, 5.74) is 1.09. The fraction of sp³-hybridized carbons (Fsp3) is 0.600. The van der Waals surface area contributed by atoms with Crippen LogP contribution >= 0.6 is 0 Å². The number of nitrogens with zero attached hydrogens (tertiary/aromatic N) is 1. The van der Waals surface area contributed by atoms with Crippen molar-refractivity contribution in [1.82, 2.24) is 10.5 Å². The molecule has 8 heteroatoms. The standard InChI is InChI=1S/C25H40N2O5Si/c1-24(2,3)31-23(28)26-21(16-18-10-12-19(29-7)13-11-18)22-17-20(32-27-22)14-15-30-33(8,9)25(4,5)6/h10-13,17,21H,14-16H2,1-9H3,(H,26,28)/t21-/m0/s1. The minimum atomic E-state index is -1.82. The first kappa shape index (κ1) is 26.9. The summed E-state index contributed by atoms with van der Waals surface area (Å²) >= 11 is 0. The smallest absolute Gasteiger partial charge is 0.408 e. The third-order valence-corrected chi connectivity index (χ3v) is 10.4. The lowest BCUT2D eigenvalue weighted by Gasteiger charge is -2.36. The van der Waals surface area contributed by atoms with E-state index in [-0.39, 0.29) is 5.04 Å². The molecule has 33 heavy (non-hydrogen) atoms. The van der Waals surface area contributed by atoms with Crippen LogP contribution in [0.4, 0.5) is 4.79 Å². The molecule has 1 amide bonds. The zero-order valence-corrected chi connectivity index (χ0v) is 22.6. The van der Waals surface area contributed by atoms with E-state index >= 15 is 0 Å². The Morgan fingerprint density at radius 1 is 1.12 bits per heavy atom. The van der Waals surface area contributed by atoms with Gasteiger partial charge in [-0.2, -0.15) is 0 Å². The van der Waals surface area contributed by atoms with E-state index in [4.69, 9.17) is 18.4 Å². The van der Waals surface area contributed by atoms with Crippen LogP contribution in [0.5, 0.6) is 5.75 Å². The summed E-state index contributed by atoms with van der Waals surface area (Å²) in [6.07, 6.45) is 0.670. The number of carbonyl (C=O) groups is 1. The number of nitrogens with one attached hydrogen (secondary N) is 1. The Morgan fingerprint density at radius 3 is 2.30 bits per heavy atom. The highest BCUT2D eigenvalue weighted by atomic mass is 28.4. The van der Waals surface area contributed by atoms with Gasteiger partial charge in [-0.1, -0.05) is 38.1 Å². The van der Waals surface area contributed by atoms with Crippen molar-refractivity contribution in [1.29, 1.82) is 0 Å². The van der Waals surface area contributed by atoms with E-state index in [0.29, 0.717) is 25.1 Å². The lowest BCUT2D eigenvalue weighted by atomic mass is 10.0. The van der Waals surface area contributed by atoms with Gasteiger partial charge in [0.25, 0.3) is 0 Å². The summed E-state index contributed by atoms with van der Waals surface area (Å²) in [4.78, 5) is 12.5. The van der Waals surface area contributed by atoms with Crippen LogP contribution in [-0.2, 0) is 22.0 Å². The van der Waals surface area contributed by atoms with Gasteiger partial charge in [0.05, 0.1) is 13.2 Å². The van der Waals surface area contributed by atoms with Gasteiger partial charge < -0.3 is 23.7 Å². The maximum Gasteiger partial charge on any atom is 0.408 e. The molecule has 1 aromatic carbocycles. The monoisotopic (exact) mass is 476 g/mol. The molecule has 0 spiro atoms. The van der Waals surface area contributed by atoms with E-state index in [1.807, 2.05) is 51.1 Å². The Balaban J connectivity index is 2.12. The molecular weight excluding hydrogens is 436 g/mol. The number of aromatic nitrogens is 1. The fourth-order valence-electron chi connectivity index (χ4n) is 2.91. The molecule has 0 bridgehead atoms. The number of benzene rings is 1. The predicted octanol–water partition coefficient (Wildman–Crippen LogP) is 6.06. The normalized spacial score (nSPS) is 13.5. The molecule has 0 aliphatic heterocycles. The molecule has 0 saturated carbocycles. The first-order chi connectivity index (χ1) is 15.2. The SMILES string of the molecule is COc1ccc(C[C@H](NC(=O)OC(C)(C)C)c2cc(CCO[Si](C)(C)C(C)(C)C)on2)cc1. The second kappa shape index (κ2) is 10.7. The van der Waals surface area contributed by atoms with Crippen LogP contribution in [0.25, 0.3) is 0 Å². The third-order valence-electron chi connectivity index (χ3n) is 5.84. The number of hydrogen-bond donors (Lipinski definition) is 1. The Morgan fingerprint density at radius 2 is 1.76 bits per heavy atom. The summed E-state index contributed by atoms with van der Waals surface area (Å²) in [6.45, 7) is 17.2. The van der Waals surface area contributed by atoms with E-state index in [0.717, 1.165) is 17.1 Å². The van der Waals surface area contributed by atoms with Crippen molar-refractivity contribution in [3.8, 4) is 5.75 Å². The zero-order valence-electron chi connectivity index (χ0n) is 21.6. The Bertz CT molecular complexity index is 895. The molecule has 0 unspecified atom stereocenters. The molecule has 1 N–H and O–H groups in total. The second-order valence-electron chi connectivity index (χ2n) is 10.8. The summed E-state index contributed by atoms with van der Waals surface area (Å²) in [6, 6.07) is 9.22. The number of hydrogen-bond acceptors (Lipinski definition) is 6. The van der Waals surface area contributed by atoms with Crippen LogP contribution in [0.1, 0.15) is 64.6 Å². The highest BCUT2D eigenvalue weighted by molar-refractivity contribution is 6.74. The highest BCUT2D eigenvalue weighted by Gasteiger charge is 2.37. The van der Waals surface area contributed by atoms with Crippen LogP contribution in [0.2, 0.25) is 18.1 Å². The molecule has 2 aromatic rings. The van der Waals surface area contributed by atoms with Crippen LogP contribution in [0, 0.1) is 0 Å². The van der Waals surface area contributed by atoms with Crippen LogP contribution in [-0.4, -0.2) is 38.9 Å². The predicted molar refractivity (Wildman–Crippen MR) is 132 cm³/mol. The number of carbonyl (C=O) groups excluding carboxylic acids is 1. The van der Waals surface area contributed by atoms with Crippen LogP contribution < -0.4 is 10.1 Å². The van der Waals surface area contributed by atoms with Gasteiger partial charge >= 0.3 is 6.09 Å². The van der Waals surface area contributed by atoms with Crippen LogP contribution in [0.15, 0.2) is 34.9 Å². The van der Waals surface area contributed by atoms with E-state index in [1.54, 1.807) is 7.11 Å². The summed E-state index contributed by atoms with van der Waals surface area (Å²) < 4.78 is 22.5. The molecule has 184 valence electrons. The van der Waals surface area contributed by atoms with Gasteiger partial charge in [-0.25, -0.2) is 4.79 Å². The molecule has 1 heterocycles. The van der Waals surface area contributed by atoms with Gasteiger partial charge in [-0.15, -0.1) is 0 Å². The van der Waals surface area contributed by atoms with Crippen LogP contribution in [0.3, 0.4) is 0 Å². The van der Waals surface area contributed by atoms with Crippen molar-refractivity contribution in [2.75, 3.05) is 13.7 Å². The highest BCUT2D eigenvalue weighted by Crippen LogP contribution is 2.36. The fourth-order valence-corrected chi connectivity index (χ4v) is 3.96. The van der Waals surface area contributed by atoms with Crippen molar-refractivity contribution in [2.45, 2.75) is 84.2 Å². The summed E-state index contributed by atoms with van der Waals surface area (Å²) in [5, 5.41) is 7.34. The van der Waals surface area contributed by atoms with Crippen molar-refractivity contribution in [2.24, 2.45) is 0 Å². The van der Waals surface area contributed by atoms with E-state index in [9.17, 15) is 4.79 Å². The molecule has 0 aliphatic carbocycles. The van der Waals surface area contributed by atoms with Crippen molar-refractivity contribution in [3.63, 3.8) is 0 Å². The molecule has 0 saturated heterocycles. The maximum atomic E-state index is 12.5. The first-order valence-electron chi connectivity index (χ1n) is 11.4. The molecule has 7 nitrogen and oxygen atoms in total. The topological polar surface area (TPSA) is 82.8 Å². The number of methoxy groups -OCH3 is 1. The average molecular weight is 477 g/mol. The van der Waals surface area contributed by atoms with E-state index < -0.39 is 26.1 Å². The minimum absolute atomic E-state index is 0.153.